The lowest BCUT2D eigenvalue weighted by Crippen LogP contribution is -2.00. The number of hydrogen-bond acceptors (Lipinski definition) is 2. The smallest absolute Gasteiger partial charge is 0.127 e. The Morgan fingerprint density at radius 2 is 1.35 bits per heavy atom. The van der Waals surface area contributed by atoms with Gasteiger partial charge in [0, 0.05) is 0 Å². The van der Waals surface area contributed by atoms with E-state index in [9.17, 15) is 5.11 Å². The van der Waals surface area contributed by atoms with Gasteiger partial charge >= 0.3 is 0 Å². The molecule has 0 heterocycles. The van der Waals surface area contributed by atoms with Gasteiger partial charge in [0.2, 0.25) is 0 Å². The quantitative estimate of drug-likeness (QED) is 0.789. The second-order valence-corrected chi connectivity index (χ2v) is 3.44. The van der Waals surface area contributed by atoms with Crippen molar-refractivity contribution in [3.8, 4) is 17.2 Å². The topological polar surface area (TPSA) is 38.4 Å². The molecule has 2 rings (SSSR count). The zero-order valence-corrected chi connectivity index (χ0v) is 9.34. The highest BCUT2D eigenvalue weighted by Gasteiger charge is 1.97. The molecule has 0 aliphatic rings. The minimum absolute atomic E-state index is 0.193. The molecule has 0 aliphatic carbocycles. The largest absolute Gasteiger partial charge is 0.491 e. The van der Waals surface area contributed by atoms with E-state index < -0.39 is 0 Å². The maximum absolute atomic E-state index is 10.3. The van der Waals surface area contributed by atoms with Gasteiger partial charge < -0.3 is 9.47 Å². The number of rotatable bonds is 5. The molecule has 0 fully saturated rings. The van der Waals surface area contributed by atoms with Crippen LogP contribution in [0.15, 0.2) is 54.6 Å². The van der Waals surface area contributed by atoms with Crippen LogP contribution in [0.2, 0.25) is 0 Å². The highest BCUT2D eigenvalue weighted by Crippen LogP contribution is 2.23. The molecule has 0 unspecified atom stereocenters. The van der Waals surface area contributed by atoms with Crippen molar-refractivity contribution in [3.63, 3.8) is 0 Å². The SMILES string of the molecule is [O]CCOc1ccc(Oc2ccccc2)cc1. The molecule has 0 spiro atoms. The fraction of sp³-hybridized carbons (Fsp3) is 0.143. The van der Waals surface area contributed by atoms with Crippen LogP contribution < -0.4 is 9.47 Å². The van der Waals surface area contributed by atoms with Gasteiger partial charge in [-0.05, 0) is 36.4 Å². The first-order chi connectivity index (χ1) is 8.38. The Morgan fingerprint density at radius 1 is 0.765 bits per heavy atom. The van der Waals surface area contributed by atoms with E-state index in [0.29, 0.717) is 5.75 Å². The van der Waals surface area contributed by atoms with E-state index in [1.807, 2.05) is 42.5 Å². The Hall–Kier alpha value is -2.00. The molecule has 0 bridgehead atoms. The van der Waals surface area contributed by atoms with Crippen LogP contribution in [0.25, 0.3) is 0 Å². The van der Waals surface area contributed by atoms with Gasteiger partial charge in [-0.15, -0.1) is 0 Å². The van der Waals surface area contributed by atoms with Crippen LogP contribution in [-0.2, 0) is 5.11 Å². The summed E-state index contributed by atoms with van der Waals surface area (Å²) in [6.45, 7) is -0.0405. The highest BCUT2D eigenvalue weighted by atomic mass is 16.5. The molecule has 0 amide bonds. The number of para-hydroxylation sites is 1. The molecule has 2 aromatic carbocycles. The zero-order chi connectivity index (χ0) is 11.9. The molecule has 17 heavy (non-hydrogen) atoms. The molecule has 0 saturated heterocycles. The lowest BCUT2D eigenvalue weighted by Gasteiger charge is -2.07. The molecular formula is C14H13O3. The number of benzene rings is 2. The van der Waals surface area contributed by atoms with E-state index >= 15 is 0 Å². The van der Waals surface area contributed by atoms with Gasteiger partial charge in [-0.1, -0.05) is 18.2 Å². The van der Waals surface area contributed by atoms with E-state index in [1.54, 1.807) is 12.1 Å². The standard InChI is InChI=1S/C14H13O3/c15-10-11-16-12-6-8-14(9-7-12)17-13-4-2-1-3-5-13/h1-9H,10-11H2. The molecule has 0 saturated carbocycles. The predicted octanol–water partition coefficient (Wildman–Crippen LogP) is 3.29. The van der Waals surface area contributed by atoms with E-state index in [2.05, 4.69) is 0 Å². The van der Waals surface area contributed by atoms with Crippen molar-refractivity contribution in [2.24, 2.45) is 0 Å². The second kappa shape index (κ2) is 5.92. The van der Waals surface area contributed by atoms with Crippen molar-refractivity contribution in [1.82, 2.24) is 0 Å². The van der Waals surface area contributed by atoms with Gasteiger partial charge in [-0.3, -0.25) is 0 Å². The van der Waals surface area contributed by atoms with Crippen molar-refractivity contribution in [3.05, 3.63) is 54.6 Å². The highest BCUT2D eigenvalue weighted by molar-refractivity contribution is 5.35. The Kier molecular flexibility index (Phi) is 4.00. The van der Waals surface area contributed by atoms with E-state index in [-0.39, 0.29) is 13.2 Å². The third-order valence-corrected chi connectivity index (χ3v) is 2.15. The molecule has 2 aromatic rings. The lowest BCUT2D eigenvalue weighted by molar-refractivity contribution is 0.138. The monoisotopic (exact) mass is 229 g/mol. The third-order valence-electron chi connectivity index (χ3n) is 2.15. The first-order valence-electron chi connectivity index (χ1n) is 5.42. The fourth-order valence-corrected chi connectivity index (χ4v) is 1.39. The van der Waals surface area contributed by atoms with Crippen LogP contribution in [-0.4, -0.2) is 13.2 Å². The molecule has 0 atom stereocenters. The van der Waals surface area contributed by atoms with Gasteiger partial charge in [-0.2, -0.15) is 0 Å². The van der Waals surface area contributed by atoms with Crippen molar-refractivity contribution < 1.29 is 14.6 Å². The Morgan fingerprint density at radius 3 is 2.00 bits per heavy atom. The first-order valence-corrected chi connectivity index (χ1v) is 5.42. The minimum Gasteiger partial charge on any atom is -0.491 e. The molecule has 0 aliphatic heterocycles. The minimum atomic E-state index is -0.234. The van der Waals surface area contributed by atoms with Gasteiger partial charge in [0.15, 0.2) is 0 Å². The zero-order valence-electron chi connectivity index (χ0n) is 9.34. The summed E-state index contributed by atoms with van der Waals surface area (Å²) in [5, 5.41) is 10.3. The van der Waals surface area contributed by atoms with Crippen LogP contribution in [0.3, 0.4) is 0 Å². The summed E-state index contributed by atoms with van der Waals surface area (Å²) < 4.78 is 10.8. The second-order valence-electron chi connectivity index (χ2n) is 3.44. The normalized spacial score (nSPS) is 9.94. The first kappa shape index (κ1) is 11.5. The van der Waals surface area contributed by atoms with E-state index in [0.717, 1.165) is 11.5 Å². The summed E-state index contributed by atoms with van der Waals surface area (Å²) >= 11 is 0. The van der Waals surface area contributed by atoms with Crippen molar-refractivity contribution >= 4 is 0 Å². The van der Waals surface area contributed by atoms with E-state index in [1.165, 1.54) is 0 Å². The van der Waals surface area contributed by atoms with Crippen LogP contribution in [0, 0.1) is 0 Å². The molecule has 0 aromatic heterocycles. The van der Waals surface area contributed by atoms with Crippen LogP contribution in [0.5, 0.6) is 17.2 Å². The van der Waals surface area contributed by atoms with Gasteiger partial charge in [0.1, 0.15) is 30.5 Å². The van der Waals surface area contributed by atoms with E-state index in [4.69, 9.17) is 9.47 Å². The van der Waals surface area contributed by atoms with Crippen LogP contribution >= 0.6 is 0 Å². The van der Waals surface area contributed by atoms with Gasteiger partial charge in [0.25, 0.3) is 0 Å². The Bertz CT molecular complexity index is 437. The van der Waals surface area contributed by atoms with Crippen molar-refractivity contribution in [2.75, 3.05) is 13.2 Å². The van der Waals surface area contributed by atoms with Crippen LogP contribution in [0.1, 0.15) is 0 Å². The van der Waals surface area contributed by atoms with Crippen LogP contribution in [0.4, 0.5) is 0 Å². The van der Waals surface area contributed by atoms with Gasteiger partial charge in [0.05, 0.1) is 0 Å². The molecule has 0 N–H and O–H groups in total. The number of hydrogen-bond donors (Lipinski definition) is 0. The maximum atomic E-state index is 10.3. The number of ether oxygens (including phenoxy) is 2. The van der Waals surface area contributed by atoms with Crippen molar-refractivity contribution in [2.45, 2.75) is 0 Å². The fourth-order valence-electron chi connectivity index (χ4n) is 1.39. The van der Waals surface area contributed by atoms with Gasteiger partial charge in [-0.25, -0.2) is 5.11 Å². The summed E-state index contributed by atoms with van der Waals surface area (Å²) in [4.78, 5) is 0. The summed E-state index contributed by atoms with van der Waals surface area (Å²) in [6, 6.07) is 16.8. The summed E-state index contributed by atoms with van der Waals surface area (Å²) in [6.07, 6.45) is 0. The summed E-state index contributed by atoms with van der Waals surface area (Å²) in [7, 11) is 0. The molecule has 87 valence electrons. The average molecular weight is 229 g/mol. The van der Waals surface area contributed by atoms with Crippen molar-refractivity contribution in [1.29, 1.82) is 0 Å². The Labute approximate surface area is 100 Å². The lowest BCUT2D eigenvalue weighted by atomic mass is 10.3. The molecular weight excluding hydrogens is 216 g/mol. The molecule has 1 radical (unpaired) electrons. The molecule has 3 nitrogen and oxygen atoms in total. The average Bonchev–Trinajstić information content (AvgIpc) is 2.39. The summed E-state index contributed by atoms with van der Waals surface area (Å²) in [5.74, 6) is 2.22. The third kappa shape index (κ3) is 3.50. The summed E-state index contributed by atoms with van der Waals surface area (Å²) in [5.41, 5.74) is 0. The molecule has 3 heteroatoms. The Balaban J connectivity index is 1.98. The predicted molar refractivity (Wildman–Crippen MR) is 64.0 cm³/mol. The maximum Gasteiger partial charge on any atom is 0.127 e.